The van der Waals surface area contributed by atoms with Crippen LogP contribution < -0.4 is 21.9 Å². The van der Waals surface area contributed by atoms with Crippen LogP contribution in [0.15, 0.2) is 9.59 Å². The van der Waals surface area contributed by atoms with E-state index in [0.717, 1.165) is 12.8 Å². The van der Waals surface area contributed by atoms with Crippen LogP contribution in [0.4, 0.5) is 11.5 Å². The summed E-state index contributed by atoms with van der Waals surface area (Å²) in [6.07, 6.45) is 5.33. The molecule has 146 valence electrons. The quantitative estimate of drug-likeness (QED) is 0.662. The number of rotatable bonds is 9. The van der Waals surface area contributed by atoms with Crippen molar-refractivity contribution < 1.29 is 9.53 Å². The first-order valence-corrected chi connectivity index (χ1v) is 10.1. The van der Waals surface area contributed by atoms with E-state index in [1.165, 1.54) is 29.4 Å². The highest BCUT2D eigenvalue weighted by Gasteiger charge is 2.25. The minimum absolute atomic E-state index is 0.0240. The van der Waals surface area contributed by atoms with Crippen molar-refractivity contribution in [2.24, 2.45) is 0 Å². The molecule has 1 fully saturated rings. The molecule has 9 heteroatoms. The monoisotopic (exact) mass is 384 g/mol. The van der Waals surface area contributed by atoms with E-state index in [0.29, 0.717) is 18.2 Å². The van der Waals surface area contributed by atoms with E-state index in [1.54, 1.807) is 11.8 Å². The first-order valence-electron chi connectivity index (χ1n) is 9.03. The highest BCUT2D eigenvalue weighted by molar-refractivity contribution is 8.00. The summed E-state index contributed by atoms with van der Waals surface area (Å²) in [4.78, 5) is 40.8. The zero-order valence-corrected chi connectivity index (χ0v) is 16.3. The molecule has 0 spiro atoms. The molecule has 3 N–H and O–H groups in total. The van der Waals surface area contributed by atoms with Crippen LogP contribution in [0.3, 0.4) is 0 Å². The highest BCUT2D eigenvalue weighted by Crippen LogP contribution is 2.30. The largest absolute Gasteiger partial charge is 0.383 e. The van der Waals surface area contributed by atoms with Crippen molar-refractivity contribution in [1.82, 2.24) is 9.55 Å². The summed E-state index contributed by atoms with van der Waals surface area (Å²) in [5.41, 5.74) is 4.93. The molecule has 0 aromatic carbocycles. The molecule has 0 saturated heterocycles. The molecule has 2 rings (SSSR count). The maximum absolute atomic E-state index is 12.8. The molecule has 1 aliphatic carbocycles. The maximum Gasteiger partial charge on any atom is 0.330 e. The van der Waals surface area contributed by atoms with Crippen LogP contribution in [-0.2, 0) is 16.1 Å². The van der Waals surface area contributed by atoms with Crippen LogP contribution in [0, 0.1) is 0 Å². The normalized spacial score (nSPS) is 14.7. The van der Waals surface area contributed by atoms with Crippen LogP contribution in [0.5, 0.6) is 0 Å². The number of aromatic nitrogens is 2. The number of hydrogen-bond donors (Lipinski definition) is 2. The second kappa shape index (κ2) is 9.82. The van der Waals surface area contributed by atoms with Crippen LogP contribution in [0.1, 0.15) is 39.0 Å². The smallest absolute Gasteiger partial charge is 0.330 e. The van der Waals surface area contributed by atoms with Crippen molar-refractivity contribution in [2.45, 2.75) is 50.8 Å². The van der Waals surface area contributed by atoms with Gasteiger partial charge in [-0.3, -0.25) is 19.1 Å². The Morgan fingerprint density at radius 1 is 1.38 bits per heavy atom. The minimum atomic E-state index is -0.643. The van der Waals surface area contributed by atoms with E-state index in [2.05, 4.69) is 4.98 Å². The van der Waals surface area contributed by atoms with Crippen LogP contribution in [0.2, 0.25) is 0 Å². The predicted octanol–water partition coefficient (Wildman–Crippen LogP) is 1.18. The number of ether oxygens (including phenoxy) is 1. The van der Waals surface area contributed by atoms with Gasteiger partial charge < -0.3 is 15.4 Å². The summed E-state index contributed by atoms with van der Waals surface area (Å²) in [6, 6.07) is 0. The van der Waals surface area contributed by atoms with Crippen molar-refractivity contribution in [2.75, 3.05) is 36.6 Å². The highest BCUT2D eigenvalue weighted by atomic mass is 32.2. The molecule has 1 aliphatic rings. The first-order chi connectivity index (χ1) is 12.5. The number of carbonyl (C=O) groups is 1. The molecule has 26 heavy (non-hydrogen) atoms. The Labute approximate surface area is 157 Å². The van der Waals surface area contributed by atoms with Gasteiger partial charge in [0.25, 0.3) is 5.56 Å². The average molecular weight is 385 g/mol. The van der Waals surface area contributed by atoms with Crippen molar-refractivity contribution in [3.63, 3.8) is 0 Å². The molecule has 0 radical (unpaired) electrons. The number of methoxy groups -OCH3 is 1. The van der Waals surface area contributed by atoms with Gasteiger partial charge in [-0.2, -0.15) is 0 Å². The third kappa shape index (κ3) is 4.91. The van der Waals surface area contributed by atoms with Gasteiger partial charge in [0.05, 0.1) is 12.4 Å². The van der Waals surface area contributed by atoms with Gasteiger partial charge in [-0.1, -0.05) is 19.8 Å². The number of amides is 1. The number of hydrogen-bond acceptors (Lipinski definition) is 6. The lowest BCUT2D eigenvalue weighted by molar-refractivity contribution is -0.116. The Kier molecular flexibility index (Phi) is 7.77. The van der Waals surface area contributed by atoms with Gasteiger partial charge in [0.1, 0.15) is 5.82 Å². The predicted molar refractivity (Wildman–Crippen MR) is 105 cm³/mol. The molecular weight excluding hydrogens is 356 g/mol. The van der Waals surface area contributed by atoms with Crippen molar-refractivity contribution >= 4 is 29.2 Å². The number of nitrogen functional groups attached to an aromatic ring is 1. The summed E-state index contributed by atoms with van der Waals surface area (Å²) >= 11 is 1.62. The SMILES string of the molecule is CCCn1c(N)c(N(CCOC)C(=O)CSC2CCCC2)c(=O)[nH]c1=O. The van der Waals surface area contributed by atoms with E-state index < -0.39 is 11.2 Å². The zero-order valence-electron chi connectivity index (χ0n) is 15.5. The number of nitrogens with one attached hydrogen (secondary N) is 1. The van der Waals surface area contributed by atoms with Crippen LogP contribution in [-0.4, -0.2) is 46.7 Å². The molecule has 1 saturated carbocycles. The average Bonchev–Trinajstić information content (AvgIpc) is 3.12. The molecule has 0 bridgehead atoms. The van der Waals surface area contributed by atoms with E-state index in [9.17, 15) is 14.4 Å². The van der Waals surface area contributed by atoms with E-state index in [-0.39, 0.29) is 36.3 Å². The van der Waals surface area contributed by atoms with Gasteiger partial charge in [-0.15, -0.1) is 11.8 Å². The topological polar surface area (TPSA) is 110 Å². The van der Waals surface area contributed by atoms with Crippen LogP contribution in [0.25, 0.3) is 0 Å². The van der Waals surface area contributed by atoms with E-state index >= 15 is 0 Å². The molecule has 0 atom stereocenters. The maximum atomic E-state index is 12.8. The molecule has 8 nitrogen and oxygen atoms in total. The molecular formula is C17H28N4O4S. The molecule has 1 amide bonds. The minimum Gasteiger partial charge on any atom is -0.383 e. The van der Waals surface area contributed by atoms with Crippen molar-refractivity contribution in [3.05, 3.63) is 20.8 Å². The lowest BCUT2D eigenvalue weighted by Crippen LogP contribution is -2.43. The number of anilines is 2. The van der Waals surface area contributed by atoms with Gasteiger partial charge in [-0.05, 0) is 19.3 Å². The van der Waals surface area contributed by atoms with E-state index in [1.807, 2.05) is 6.92 Å². The number of thioether (sulfide) groups is 1. The Hall–Kier alpha value is -1.74. The number of nitrogens with two attached hydrogens (primary N) is 1. The fraction of sp³-hybridized carbons (Fsp3) is 0.706. The zero-order chi connectivity index (χ0) is 19.1. The summed E-state index contributed by atoms with van der Waals surface area (Å²) in [7, 11) is 1.53. The molecule has 1 aromatic heterocycles. The third-order valence-electron chi connectivity index (χ3n) is 4.50. The lowest BCUT2D eigenvalue weighted by Gasteiger charge is -2.24. The molecule has 0 unspecified atom stereocenters. The van der Waals surface area contributed by atoms with E-state index in [4.69, 9.17) is 10.5 Å². The molecule has 1 heterocycles. The number of carbonyl (C=O) groups excluding carboxylic acids is 1. The van der Waals surface area contributed by atoms with Crippen molar-refractivity contribution in [3.8, 4) is 0 Å². The van der Waals surface area contributed by atoms with Gasteiger partial charge in [-0.25, -0.2) is 4.79 Å². The Morgan fingerprint density at radius 2 is 2.08 bits per heavy atom. The summed E-state index contributed by atoms with van der Waals surface area (Å²) < 4.78 is 6.38. The second-order valence-electron chi connectivity index (χ2n) is 6.40. The third-order valence-corrected chi connectivity index (χ3v) is 5.85. The van der Waals surface area contributed by atoms with Crippen molar-refractivity contribution in [1.29, 1.82) is 0 Å². The second-order valence-corrected chi connectivity index (χ2v) is 7.69. The van der Waals surface area contributed by atoms with Gasteiger partial charge >= 0.3 is 5.69 Å². The summed E-state index contributed by atoms with van der Waals surface area (Å²) in [6.45, 7) is 2.75. The fourth-order valence-corrected chi connectivity index (χ4v) is 4.35. The molecule has 1 aromatic rings. The van der Waals surface area contributed by atoms with Crippen LogP contribution >= 0.6 is 11.8 Å². The number of aromatic amines is 1. The summed E-state index contributed by atoms with van der Waals surface area (Å²) in [5, 5.41) is 0.493. The fourth-order valence-electron chi connectivity index (χ4n) is 3.15. The Bertz CT molecular complexity index is 724. The van der Waals surface area contributed by atoms with Gasteiger partial charge in [0.15, 0.2) is 5.69 Å². The molecule has 0 aliphatic heterocycles. The van der Waals surface area contributed by atoms with Gasteiger partial charge in [0.2, 0.25) is 5.91 Å². The first kappa shape index (κ1) is 20.6. The lowest BCUT2D eigenvalue weighted by atomic mass is 10.3. The number of nitrogens with zero attached hydrogens (tertiary/aromatic N) is 2. The number of H-pyrrole nitrogens is 1. The Morgan fingerprint density at radius 3 is 2.69 bits per heavy atom. The van der Waals surface area contributed by atoms with Gasteiger partial charge in [0, 0.05) is 25.4 Å². The Balaban J connectivity index is 2.30. The standard InChI is InChI=1S/C17H28N4O4S/c1-3-8-21-15(18)14(16(23)19-17(21)24)20(9-10-25-2)13(22)11-26-12-6-4-5-7-12/h12H,3-11,18H2,1-2H3,(H,19,23,24). The summed E-state index contributed by atoms with van der Waals surface area (Å²) in [5.74, 6) is 0.106.